The molecule has 0 bridgehead atoms. The Bertz CT molecular complexity index is 1190. The summed E-state index contributed by atoms with van der Waals surface area (Å²) in [5, 5.41) is 3.00. The molecule has 0 unspecified atom stereocenters. The van der Waals surface area contributed by atoms with Gasteiger partial charge in [0.2, 0.25) is 11.4 Å². The van der Waals surface area contributed by atoms with Gasteiger partial charge in [-0.3, -0.25) is 4.79 Å². The lowest BCUT2D eigenvalue weighted by Gasteiger charge is -2.35. The molecule has 1 N–H and O–H groups in total. The van der Waals surface area contributed by atoms with Crippen LogP contribution in [0.5, 0.6) is 23.0 Å². The van der Waals surface area contributed by atoms with Gasteiger partial charge >= 0.3 is 6.09 Å². The Balaban J connectivity index is 1.98. The lowest BCUT2D eigenvalue weighted by molar-refractivity contribution is 0.0297. The molecule has 0 radical (unpaired) electrons. The van der Waals surface area contributed by atoms with Crippen LogP contribution in [0.2, 0.25) is 0 Å². The number of alkyl carbamates (subject to hydrolysis) is 1. The van der Waals surface area contributed by atoms with Gasteiger partial charge in [-0.2, -0.15) is 0 Å². The predicted octanol–water partition coefficient (Wildman–Crippen LogP) is 5.91. The molecule has 206 valence electrons. The largest absolute Gasteiger partial charge is 0.497 e. The summed E-state index contributed by atoms with van der Waals surface area (Å²) in [6.45, 7) is 0. The second-order valence-corrected chi connectivity index (χ2v) is 9.45. The monoisotopic (exact) mass is 533 g/mol. The number of carbonyl (C=O) groups is 2. The molecule has 0 atom stereocenters. The summed E-state index contributed by atoms with van der Waals surface area (Å²) in [6.07, 6.45) is 4.20. The molecule has 0 spiro atoms. The molecule has 1 aliphatic carbocycles. The van der Waals surface area contributed by atoms with Crippen molar-refractivity contribution in [2.24, 2.45) is 0 Å². The van der Waals surface area contributed by atoms with Crippen molar-refractivity contribution in [1.29, 1.82) is 0 Å². The van der Waals surface area contributed by atoms with Gasteiger partial charge in [-0.05, 0) is 37.1 Å². The maximum Gasteiger partial charge on any atom is 0.409 e. The third-order valence-electron chi connectivity index (χ3n) is 7.04. The zero-order valence-corrected chi connectivity index (χ0v) is 22.8. The van der Waals surface area contributed by atoms with Crippen LogP contribution in [0.25, 0.3) is 0 Å². The number of amides is 1. The molecule has 1 fully saturated rings. The fourth-order valence-corrected chi connectivity index (χ4v) is 4.99. The second-order valence-electron chi connectivity index (χ2n) is 9.45. The number of hydrogen-bond donors (Lipinski definition) is 1. The quantitative estimate of drug-likeness (QED) is 0.324. The molecule has 0 aromatic heterocycles. The molecule has 3 aromatic rings. The summed E-state index contributed by atoms with van der Waals surface area (Å²) in [6, 6.07) is 18.7. The predicted molar refractivity (Wildman–Crippen MR) is 147 cm³/mol. The van der Waals surface area contributed by atoms with Crippen LogP contribution in [-0.4, -0.2) is 46.4 Å². The van der Waals surface area contributed by atoms with Crippen molar-refractivity contribution in [3.63, 3.8) is 0 Å². The van der Waals surface area contributed by atoms with Crippen molar-refractivity contribution in [3.8, 4) is 23.0 Å². The lowest BCUT2D eigenvalue weighted by atomic mass is 9.79. The fourth-order valence-electron chi connectivity index (χ4n) is 4.99. The second kappa shape index (κ2) is 12.6. The standard InChI is InChI=1S/C31H35NO7/c1-35-25-15-22(16-26(19-25)36-2)31(29(33)21-11-7-5-8-12-21,23-17-27(37-3)20-28(18-23)38-4)39-30(34)32-24-13-9-6-10-14-24/h5,7-8,11-12,15-20,24H,6,9-10,13-14H2,1-4H3,(H,32,34). The molecule has 1 aliphatic rings. The van der Waals surface area contributed by atoms with Gasteiger partial charge in [0, 0.05) is 34.9 Å². The molecule has 1 amide bonds. The summed E-state index contributed by atoms with van der Waals surface area (Å²) in [4.78, 5) is 28.2. The van der Waals surface area contributed by atoms with Crippen LogP contribution in [0.1, 0.15) is 53.6 Å². The maximum absolute atomic E-state index is 14.6. The van der Waals surface area contributed by atoms with E-state index >= 15 is 0 Å². The van der Waals surface area contributed by atoms with Crippen molar-refractivity contribution in [2.75, 3.05) is 28.4 Å². The summed E-state index contributed by atoms with van der Waals surface area (Å²) < 4.78 is 28.4. The molecular formula is C31H35NO7. The number of hydrogen-bond acceptors (Lipinski definition) is 7. The molecule has 0 aliphatic heterocycles. The zero-order valence-electron chi connectivity index (χ0n) is 22.8. The van der Waals surface area contributed by atoms with Crippen LogP contribution in [0, 0.1) is 0 Å². The highest BCUT2D eigenvalue weighted by Gasteiger charge is 2.48. The number of Topliss-reactive ketones (excluding diaryl/α,β-unsaturated/α-hetero) is 1. The number of ketones is 1. The van der Waals surface area contributed by atoms with E-state index in [1.807, 2.05) is 6.07 Å². The molecule has 8 nitrogen and oxygen atoms in total. The third-order valence-corrected chi connectivity index (χ3v) is 7.04. The Morgan fingerprint density at radius 1 is 0.692 bits per heavy atom. The first kappa shape index (κ1) is 27.8. The normalized spacial score (nSPS) is 13.7. The minimum Gasteiger partial charge on any atom is -0.497 e. The van der Waals surface area contributed by atoms with E-state index in [0.717, 1.165) is 32.1 Å². The Morgan fingerprint density at radius 3 is 1.59 bits per heavy atom. The van der Waals surface area contributed by atoms with E-state index < -0.39 is 17.5 Å². The average molecular weight is 534 g/mol. The summed E-state index contributed by atoms with van der Waals surface area (Å²) >= 11 is 0. The maximum atomic E-state index is 14.6. The Labute approximate surface area is 229 Å². The smallest absolute Gasteiger partial charge is 0.409 e. The van der Waals surface area contributed by atoms with E-state index in [1.165, 1.54) is 28.4 Å². The number of benzene rings is 3. The summed E-state index contributed by atoms with van der Waals surface area (Å²) in [7, 11) is 6.07. The van der Waals surface area contributed by atoms with Crippen molar-refractivity contribution in [2.45, 2.75) is 43.7 Å². The highest BCUT2D eigenvalue weighted by Crippen LogP contribution is 2.43. The highest BCUT2D eigenvalue weighted by molar-refractivity contribution is 6.06. The van der Waals surface area contributed by atoms with Crippen molar-refractivity contribution in [3.05, 3.63) is 83.4 Å². The number of methoxy groups -OCH3 is 4. The first-order valence-corrected chi connectivity index (χ1v) is 13.0. The first-order chi connectivity index (χ1) is 18.9. The summed E-state index contributed by atoms with van der Waals surface area (Å²) in [5.41, 5.74) is -0.890. The van der Waals surface area contributed by atoms with Gasteiger partial charge in [0.15, 0.2) is 0 Å². The molecule has 0 heterocycles. The van der Waals surface area contributed by atoms with Crippen LogP contribution in [-0.2, 0) is 10.3 Å². The topological polar surface area (TPSA) is 92.3 Å². The molecule has 1 saturated carbocycles. The molecule has 8 heteroatoms. The highest BCUT2D eigenvalue weighted by atomic mass is 16.6. The van der Waals surface area contributed by atoms with Crippen LogP contribution >= 0.6 is 0 Å². The van der Waals surface area contributed by atoms with Crippen LogP contribution < -0.4 is 24.3 Å². The van der Waals surface area contributed by atoms with Gasteiger partial charge in [-0.15, -0.1) is 0 Å². The molecule has 0 saturated heterocycles. The number of rotatable bonds is 10. The number of ether oxygens (including phenoxy) is 5. The number of carbonyl (C=O) groups excluding carboxylic acids is 2. The zero-order chi connectivity index (χ0) is 27.8. The van der Waals surface area contributed by atoms with E-state index in [0.29, 0.717) is 39.7 Å². The van der Waals surface area contributed by atoms with Gasteiger partial charge in [0.1, 0.15) is 23.0 Å². The van der Waals surface area contributed by atoms with E-state index in [-0.39, 0.29) is 6.04 Å². The van der Waals surface area contributed by atoms with Gasteiger partial charge in [-0.25, -0.2) is 4.79 Å². The van der Waals surface area contributed by atoms with Gasteiger partial charge in [-0.1, -0.05) is 49.6 Å². The minimum atomic E-state index is -1.94. The van der Waals surface area contributed by atoms with Crippen LogP contribution in [0.4, 0.5) is 4.79 Å². The third kappa shape index (κ3) is 6.11. The minimum absolute atomic E-state index is 0.0320. The Morgan fingerprint density at radius 2 is 1.15 bits per heavy atom. The average Bonchev–Trinajstić information content (AvgIpc) is 2.99. The SMILES string of the molecule is COc1cc(OC)cc(C(OC(=O)NC2CCCCC2)(C(=O)c2ccccc2)c2cc(OC)cc(OC)c2)c1. The van der Waals surface area contributed by atoms with E-state index in [1.54, 1.807) is 60.7 Å². The molecule has 3 aromatic carbocycles. The van der Waals surface area contributed by atoms with E-state index in [9.17, 15) is 9.59 Å². The molecular weight excluding hydrogens is 498 g/mol. The first-order valence-electron chi connectivity index (χ1n) is 13.0. The van der Waals surface area contributed by atoms with E-state index in [2.05, 4.69) is 5.32 Å². The Hall–Kier alpha value is -4.20. The van der Waals surface area contributed by atoms with Crippen LogP contribution in [0.15, 0.2) is 66.7 Å². The molecule has 4 rings (SSSR count). The molecule has 39 heavy (non-hydrogen) atoms. The summed E-state index contributed by atoms with van der Waals surface area (Å²) in [5.74, 6) is 1.27. The van der Waals surface area contributed by atoms with Crippen molar-refractivity contribution >= 4 is 11.9 Å². The van der Waals surface area contributed by atoms with Gasteiger partial charge in [0.05, 0.1) is 28.4 Å². The Kier molecular flexibility index (Phi) is 8.96. The van der Waals surface area contributed by atoms with Gasteiger partial charge < -0.3 is 29.0 Å². The van der Waals surface area contributed by atoms with Crippen LogP contribution in [0.3, 0.4) is 0 Å². The number of nitrogens with one attached hydrogen (secondary N) is 1. The van der Waals surface area contributed by atoms with E-state index in [4.69, 9.17) is 23.7 Å². The van der Waals surface area contributed by atoms with Crippen molar-refractivity contribution in [1.82, 2.24) is 5.32 Å². The lowest BCUT2D eigenvalue weighted by Crippen LogP contribution is -2.47. The van der Waals surface area contributed by atoms with Gasteiger partial charge in [0.25, 0.3) is 0 Å². The van der Waals surface area contributed by atoms with Crippen molar-refractivity contribution < 1.29 is 33.3 Å². The fraction of sp³-hybridized carbons (Fsp3) is 0.355.